The zero-order valence-corrected chi connectivity index (χ0v) is 19.4. The zero-order chi connectivity index (χ0) is 22.5. The minimum absolute atomic E-state index is 0.135. The van der Waals surface area contributed by atoms with Crippen LogP contribution in [0.5, 0.6) is 0 Å². The Balaban J connectivity index is 1.12. The molecule has 2 atom stereocenters. The Labute approximate surface area is 198 Å². The Morgan fingerprint density at radius 1 is 0.939 bits per heavy atom. The lowest BCUT2D eigenvalue weighted by Gasteiger charge is -2.07. The van der Waals surface area contributed by atoms with E-state index >= 15 is 0 Å². The molecule has 168 valence electrons. The number of carbonyl (C=O) groups excluding carboxylic acids is 1. The molecule has 0 spiro atoms. The molecule has 11 heteroatoms. The average Bonchev–Trinajstić information content (AvgIpc) is 3.57. The van der Waals surface area contributed by atoms with Crippen LogP contribution in [0.2, 0.25) is 0 Å². The largest absolute Gasteiger partial charge is 0.315 e. The van der Waals surface area contributed by atoms with Crippen LogP contribution in [0.15, 0.2) is 48.8 Å². The molecule has 1 aliphatic carbocycles. The third-order valence-electron chi connectivity index (χ3n) is 5.48. The number of hydrogen-bond acceptors (Lipinski definition) is 10. The lowest BCUT2D eigenvalue weighted by atomic mass is 10.0. The lowest BCUT2D eigenvalue weighted by Crippen LogP contribution is -2.14. The van der Waals surface area contributed by atoms with Crippen LogP contribution in [0.4, 0.5) is 16.1 Å². The second-order valence-corrected chi connectivity index (χ2v) is 9.98. The summed E-state index contributed by atoms with van der Waals surface area (Å²) < 4.78 is 0. The zero-order valence-electron chi connectivity index (χ0n) is 17.7. The van der Waals surface area contributed by atoms with Crippen LogP contribution < -0.4 is 10.6 Å². The molecule has 0 bridgehead atoms. The van der Waals surface area contributed by atoms with Crippen molar-refractivity contribution in [3.05, 3.63) is 64.5 Å². The van der Waals surface area contributed by atoms with Gasteiger partial charge in [0.25, 0.3) is 0 Å². The van der Waals surface area contributed by atoms with Gasteiger partial charge in [0, 0.05) is 30.4 Å². The van der Waals surface area contributed by atoms with E-state index < -0.39 is 0 Å². The van der Waals surface area contributed by atoms with Gasteiger partial charge in [-0.05, 0) is 49.4 Å². The summed E-state index contributed by atoms with van der Waals surface area (Å²) in [5.74, 6) is 1.57. The minimum Gasteiger partial charge on any atom is -0.315 e. The predicted octanol–water partition coefficient (Wildman–Crippen LogP) is 4.23. The van der Waals surface area contributed by atoms with Crippen molar-refractivity contribution in [1.82, 2.24) is 30.4 Å². The van der Waals surface area contributed by atoms with Gasteiger partial charge >= 0.3 is 0 Å². The fraction of sp³-hybridized carbons (Fsp3) is 0.318. The van der Waals surface area contributed by atoms with Crippen molar-refractivity contribution in [3.63, 3.8) is 0 Å². The number of carbonyl (C=O) groups is 1. The van der Waals surface area contributed by atoms with Gasteiger partial charge in [0.1, 0.15) is 15.8 Å². The third kappa shape index (κ3) is 5.74. The molecule has 1 aliphatic rings. The molecular weight excluding hydrogens is 456 g/mol. The lowest BCUT2D eigenvalue weighted by molar-refractivity contribution is -0.115. The van der Waals surface area contributed by atoms with Crippen molar-refractivity contribution in [3.8, 4) is 0 Å². The smallest absolute Gasteiger partial charge is 0.232 e. The summed E-state index contributed by atoms with van der Waals surface area (Å²) in [4.78, 5) is 20.7. The summed E-state index contributed by atoms with van der Waals surface area (Å²) in [7, 11) is 0. The summed E-state index contributed by atoms with van der Waals surface area (Å²) in [6.45, 7) is 0. The molecule has 4 aromatic rings. The first-order valence-corrected chi connectivity index (χ1v) is 12.4. The van der Waals surface area contributed by atoms with Crippen molar-refractivity contribution in [2.24, 2.45) is 5.92 Å². The van der Waals surface area contributed by atoms with Gasteiger partial charge in [0.05, 0.1) is 6.42 Å². The molecule has 9 nitrogen and oxygen atoms in total. The molecule has 33 heavy (non-hydrogen) atoms. The molecule has 5 rings (SSSR count). The van der Waals surface area contributed by atoms with Crippen molar-refractivity contribution in [1.29, 1.82) is 0 Å². The third-order valence-corrected chi connectivity index (χ3v) is 7.34. The molecule has 1 fully saturated rings. The molecule has 4 heterocycles. The number of nitrogens with zero attached hydrogens (tertiary/aromatic N) is 6. The van der Waals surface area contributed by atoms with Gasteiger partial charge in [-0.3, -0.25) is 9.78 Å². The first kappa shape index (κ1) is 21.5. The summed E-state index contributed by atoms with van der Waals surface area (Å²) in [6.07, 6.45) is 7.78. The number of rotatable bonds is 8. The minimum atomic E-state index is -0.135. The van der Waals surface area contributed by atoms with Crippen LogP contribution in [0.3, 0.4) is 0 Å². The van der Waals surface area contributed by atoms with Crippen molar-refractivity contribution in [2.75, 3.05) is 10.6 Å². The predicted molar refractivity (Wildman–Crippen MR) is 128 cm³/mol. The van der Waals surface area contributed by atoms with Gasteiger partial charge < -0.3 is 10.6 Å². The highest BCUT2D eigenvalue weighted by molar-refractivity contribution is 7.15. The highest BCUT2D eigenvalue weighted by Gasteiger charge is 2.29. The molecule has 0 unspecified atom stereocenters. The summed E-state index contributed by atoms with van der Waals surface area (Å²) in [5, 5.41) is 26.5. The Hall–Kier alpha value is -3.31. The van der Waals surface area contributed by atoms with E-state index in [1.165, 1.54) is 11.3 Å². The number of anilines is 3. The molecule has 2 N–H and O–H groups in total. The number of pyridine rings is 2. The van der Waals surface area contributed by atoms with Crippen LogP contribution in [0, 0.1) is 5.92 Å². The van der Waals surface area contributed by atoms with Crippen LogP contribution >= 0.6 is 22.7 Å². The molecular formula is C22H22N8OS2. The fourth-order valence-electron chi connectivity index (χ4n) is 3.95. The van der Waals surface area contributed by atoms with E-state index in [2.05, 4.69) is 41.0 Å². The van der Waals surface area contributed by atoms with E-state index in [0.29, 0.717) is 17.0 Å². The second kappa shape index (κ2) is 10.1. The maximum absolute atomic E-state index is 12.2. The Kier molecular flexibility index (Phi) is 6.58. The number of aromatic nitrogens is 6. The van der Waals surface area contributed by atoms with Gasteiger partial charge in [-0.2, -0.15) is 0 Å². The number of hydrogen-bond donors (Lipinski definition) is 2. The van der Waals surface area contributed by atoms with E-state index in [9.17, 15) is 4.79 Å². The van der Waals surface area contributed by atoms with Gasteiger partial charge in [-0.15, -0.1) is 20.4 Å². The SMILES string of the molecule is O=C(Cc1ccccn1)Nc1nnc(C[C@@H]2CC[C@H](c3nnc(Nc4ccccn4)s3)C2)s1. The normalized spacial score (nSPS) is 17.7. The van der Waals surface area contributed by atoms with Crippen LogP contribution in [0.1, 0.15) is 40.9 Å². The molecule has 0 aromatic carbocycles. The van der Waals surface area contributed by atoms with E-state index in [-0.39, 0.29) is 12.3 Å². The monoisotopic (exact) mass is 478 g/mol. The van der Waals surface area contributed by atoms with Gasteiger partial charge in [-0.25, -0.2) is 4.98 Å². The summed E-state index contributed by atoms with van der Waals surface area (Å²) >= 11 is 3.04. The average molecular weight is 479 g/mol. The number of nitrogens with one attached hydrogen (secondary N) is 2. The van der Waals surface area contributed by atoms with E-state index in [1.54, 1.807) is 23.7 Å². The maximum atomic E-state index is 12.2. The van der Waals surface area contributed by atoms with Crippen LogP contribution in [-0.4, -0.2) is 36.3 Å². The molecule has 1 amide bonds. The Bertz CT molecular complexity index is 1200. The topological polar surface area (TPSA) is 118 Å². The second-order valence-electron chi connectivity index (χ2n) is 7.91. The molecule has 1 saturated carbocycles. The summed E-state index contributed by atoms with van der Waals surface area (Å²) in [6, 6.07) is 11.2. The van der Waals surface area contributed by atoms with Crippen molar-refractivity contribution < 1.29 is 4.79 Å². The summed E-state index contributed by atoms with van der Waals surface area (Å²) in [5.41, 5.74) is 0.729. The molecule has 4 aromatic heterocycles. The quantitative estimate of drug-likeness (QED) is 0.386. The Morgan fingerprint density at radius 3 is 2.61 bits per heavy atom. The highest BCUT2D eigenvalue weighted by atomic mass is 32.1. The standard InChI is InChI=1S/C22H22N8OS2/c31-18(13-16-5-1-3-9-23-16)26-22-29-27-19(32-22)12-14-7-8-15(11-14)20-28-30-21(33-20)25-17-6-2-4-10-24-17/h1-6,9-10,14-15H,7-8,11-13H2,(H,24,25,30)(H,26,29,31)/t14-,15+/m1/s1. The van der Waals surface area contributed by atoms with Gasteiger partial charge in [0.2, 0.25) is 16.2 Å². The number of amides is 1. The van der Waals surface area contributed by atoms with Crippen LogP contribution in [-0.2, 0) is 17.6 Å². The Morgan fingerprint density at radius 2 is 1.79 bits per heavy atom. The van der Waals surface area contributed by atoms with Crippen molar-refractivity contribution >= 4 is 44.7 Å². The molecule has 0 saturated heterocycles. The van der Waals surface area contributed by atoms with Gasteiger partial charge in [-0.1, -0.05) is 34.8 Å². The van der Waals surface area contributed by atoms with E-state index in [1.807, 2.05) is 36.4 Å². The fourth-order valence-corrected chi connectivity index (χ4v) is 5.71. The van der Waals surface area contributed by atoms with Crippen molar-refractivity contribution in [2.45, 2.75) is 38.0 Å². The van der Waals surface area contributed by atoms with Crippen LogP contribution in [0.25, 0.3) is 0 Å². The maximum Gasteiger partial charge on any atom is 0.232 e. The van der Waals surface area contributed by atoms with E-state index in [4.69, 9.17) is 0 Å². The molecule has 0 aliphatic heterocycles. The van der Waals surface area contributed by atoms with E-state index in [0.717, 1.165) is 52.3 Å². The first-order valence-electron chi connectivity index (χ1n) is 10.7. The first-order chi connectivity index (χ1) is 16.2. The highest BCUT2D eigenvalue weighted by Crippen LogP contribution is 2.41. The molecule has 0 radical (unpaired) electrons. The van der Waals surface area contributed by atoms with Gasteiger partial charge in [0.15, 0.2) is 0 Å².